The Morgan fingerprint density at radius 2 is 1.90 bits per heavy atom. The normalized spacial score (nSPS) is 12.4. The molecule has 0 radical (unpaired) electrons. The molecule has 2 aromatic heterocycles. The van der Waals surface area contributed by atoms with Crippen molar-refractivity contribution in [2.24, 2.45) is 0 Å². The molecule has 7 nitrogen and oxygen atoms in total. The summed E-state index contributed by atoms with van der Waals surface area (Å²) in [6, 6.07) is 20.0. The first-order valence-electron chi connectivity index (χ1n) is 9.91. The van der Waals surface area contributed by atoms with E-state index in [1.165, 1.54) is 0 Å². The van der Waals surface area contributed by atoms with Gasteiger partial charge < -0.3 is 19.5 Å². The van der Waals surface area contributed by atoms with E-state index in [-0.39, 0.29) is 6.79 Å². The van der Waals surface area contributed by atoms with Crippen LogP contribution in [0.3, 0.4) is 0 Å². The van der Waals surface area contributed by atoms with Crippen molar-refractivity contribution < 1.29 is 14.2 Å². The molecule has 152 valence electrons. The zero-order valence-corrected chi connectivity index (χ0v) is 16.7. The average Bonchev–Trinajstić information content (AvgIpc) is 3.40. The monoisotopic (exact) mass is 402 g/mol. The van der Waals surface area contributed by atoms with Gasteiger partial charge >= 0.3 is 0 Å². The summed E-state index contributed by atoms with van der Waals surface area (Å²) in [5, 5.41) is 7.82. The predicted molar refractivity (Wildman–Crippen MR) is 113 cm³/mol. The minimum absolute atomic E-state index is 0.260. The van der Waals surface area contributed by atoms with Crippen molar-refractivity contribution in [3.8, 4) is 28.5 Å². The van der Waals surface area contributed by atoms with Crippen LogP contribution in [-0.4, -0.2) is 41.6 Å². The lowest BCUT2D eigenvalue weighted by atomic mass is 10.1. The number of hydrogen-bond acceptors (Lipinski definition) is 6. The standard InChI is InChI=1S/C23H22N4O3/c1-24-11-12-28-18-8-5-16(6-9-18)13-22-25-23-4-2-3-19(27(23)26-22)17-7-10-20-21(14-17)30-15-29-20/h2-10,14,24H,11-13,15H2,1H3. The Bertz CT molecular complexity index is 1170. The second kappa shape index (κ2) is 8.04. The van der Waals surface area contributed by atoms with Gasteiger partial charge in [0.05, 0.1) is 5.69 Å². The fourth-order valence-corrected chi connectivity index (χ4v) is 3.46. The van der Waals surface area contributed by atoms with Crippen LogP contribution in [0.25, 0.3) is 16.9 Å². The highest BCUT2D eigenvalue weighted by Gasteiger charge is 2.16. The van der Waals surface area contributed by atoms with Gasteiger partial charge in [-0.1, -0.05) is 18.2 Å². The second-order valence-electron chi connectivity index (χ2n) is 7.05. The summed E-state index contributed by atoms with van der Waals surface area (Å²) in [6.07, 6.45) is 0.652. The fraction of sp³-hybridized carbons (Fsp3) is 0.217. The molecule has 5 rings (SSSR count). The lowest BCUT2D eigenvalue weighted by Crippen LogP contribution is -2.15. The maximum Gasteiger partial charge on any atom is 0.231 e. The van der Waals surface area contributed by atoms with Gasteiger partial charge in [-0.15, -0.1) is 0 Å². The van der Waals surface area contributed by atoms with Crippen LogP contribution < -0.4 is 19.5 Å². The molecule has 7 heteroatoms. The van der Waals surface area contributed by atoms with Crippen LogP contribution >= 0.6 is 0 Å². The molecule has 1 N–H and O–H groups in total. The third-order valence-electron chi connectivity index (χ3n) is 4.98. The molecule has 2 aromatic carbocycles. The van der Waals surface area contributed by atoms with Gasteiger partial charge in [0.2, 0.25) is 6.79 Å². The molecule has 4 aromatic rings. The molecular weight excluding hydrogens is 380 g/mol. The molecule has 0 bridgehead atoms. The number of pyridine rings is 1. The van der Waals surface area contributed by atoms with Gasteiger partial charge in [-0.25, -0.2) is 9.50 Å². The van der Waals surface area contributed by atoms with Crippen LogP contribution in [-0.2, 0) is 6.42 Å². The van der Waals surface area contributed by atoms with Crippen LogP contribution in [0.15, 0.2) is 60.7 Å². The van der Waals surface area contributed by atoms with Gasteiger partial charge in [0.25, 0.3) is 0 Å². The molecule has 0 amide bonds. The number of benzene rings is 2. The molecular formula is C23H22N4O3. The van der Waals surface area contributed by atoms with Crippen LogP contribution in [0.4, 0.5) is 0 Å². The van der Waals surface area contributed by atoms with Crippen LogP contribution in [0.1, 0.15) is 11.4 Å². The van der Waals surface area contributed by atoms with E-state index in [1.807, 2.05) is 60.1 Å². The van der Waals surface area contributed by atoms with Crippen molar-refractivity contribution in [1.82, 2.24) is 19.9 Å². The maximum absolute atomic E-state index is 5.68. The quantitative estimate of drug-likeness (QED) is 0.478. The number of nitrogens with zero attached hydrogens (tertiary/aromatic N) is 3. The minimum Gasteiger partial charge on any atom is -0.492 e. The summed E-state index contributed by atoms with van der Waals surface area (Å²) in [5.74, 6) is 3.15. The minimum atomic E-state index is 0.260. The summed E-state index contributed by atoms with van der Waals surface area (Å²) in [4.78, 5) is 4.71. The van der Waals surface area contributed by atoms with Gasteiger partial charge in [-0.2, -0.15) is 5.10 Å². The van der Waals surface area contributed by atoms with E-state index in [4.69, 9.17) is 24.3 Å². The number of nitrogens with one attached hydrogen (secondary N) is 1. The van der Waals surface area contributed by atoms with Crippen LogP contribution in [0, 0.1) is 0 Å². The molecule has 30 heavy (non-hydrogen) atoms. The zero-order chi connectivity index (χ0) is 20.3. The van der Waals surface area contributed by atoms with Crippen molar-refractivity contribution >= 4 is 5.65 Å². The number of rotatable bonds is 7. The van der Waals surface area contributed by atoms with E-state index >= 15 is 0 Å². The molecule has 0 aliphatic carbocycles. The summed E-state index contributed by atoms with van der Waals surface area (Å²) in [5.41, 5.74) is 3.91. The first kappa shape index (κ1) is 18.4. The molecule has 1 aliphatic heterocycles. The van der Waals surface area contributed by atoms with Crippen molar-refractivity contribution in [2.75, 3.05) is 27.0 Å². The second-order valence-corrected chi connectivity index (χ2v) is 7.05. The summed E-state index contributed by atoms with van der Waals surface area (Å²) in [6.45, 7) is 1.72. The first-order chi connectivity index (χ1) is 14.8. The molecule has 1 aliphatic rings. The maximum atomic E-state index is 5.68. The smallest absolute Gasteiger partial charge is 0.231 e. The number of hydrogen-bond donors (Lipinski definition) is 1. The molecule has 0 saturated heterocycles. The van der Waals surface area contributed by atoms with E-state index in [1.54, 1.807) is 0 Å². The Morgan fingerprint density at radius 3 is 2.77 bits per heavy atom. The van der Waals surface area contributed by atoms with Gasteiger partial charge in [0.1, 0.15) is 12.4 Å². The number of fused-ring (bicyclic) bond motifs is 2. The molecule has 0 fully saturated rings. The van der Waals surface area contributed by atoms with E-state index in [9.17, 15) is 0 Å². The molecule has 3 heterocycles. The molecule has 0 saturated carbocycles. The van der Waals surface area contributed by atoms with Crippen molar-refractivity contribution in [1.29, 1.82) is 0 Å². The number of ether oxygens (including phenoxy) is 3. The molecule has 0 spiro atoms. The summed E-state index contributed by atoms with van der Waals surface area (Å²) >= 11 is 0. The Balaban J connectivity index is 1.38. The molecule has 0 unspecified atom stereocenters. The van der Waals surface area contributed by atoms with E-state index in [0.29, 0.717) is 13.0 Å². The van der Waals surface area contributed by atoms with Crippen molar-refractivity contribution in [3.05, 3.63) is 72.1 Å². The zero-order valence-electron chi connectivity index (χ0n) is 16.7. The topological polar surface area (TPSA) is 69.9 Å². The first-order valence-corrected chi connectivity index (χ1v) is 9.91. The third-order valence-corrected chi connectivity index (χ3v) is 4.98. The Morgan fingerprint density at radius 1 is 1.03 bits per heavy atom. The fourth-order valence-electron chi connectivity index (χ4n) is 3.46. The Labute approximate surface area is 174 Å². The van der Waals surface area contributed by atoms with Crippen LogP contribution in [0.2, 0.25) is 0 Å². The van der Waals surface area contributed by atoms with Crippen molar-refractivity contribution in [3.63, 3.8) is 0 Å². The van der Waals surface area contributed by atoms with Gasteiger partial charge in [-0.3, -0.25) is 0 Å². The van der Waals surface area contributed by atoms with Gasteiger partial charge in [-0.05, 0) is 55.1 Å². The highest BCUT2D eigenvalue weighted by Crippen LogP contribution is 2.35. The lowest BCUT2D eigenvalue weighted by Gasteiger charge is -2.06. The Hall–Kier alpha value is -3.58. The largest absolute Gasteiger partial charge is 0.492 e. The highest BCUT2D eigenvalue weighted by molar-refractivity contribution is 5.67. The van der Waals surface area contributed by atoms with Crippen molar-refractivity contribution in [2.45, 2.75) is 6.42 Å². The summed E-state index contributed by atoms with van der Waals surface area (Å²) in [7, 11) is 1.91. The Kier molecular flexibility index (Phi) is 4.94. The number of likely N-dealkylation sites (N-methyl/N-ethyl adjacent to an activating group) is 1. The summed E-state index contributed by atoms with van der Waals surface area (Å²) < 4.78 is 18.5. The third kappa shape index (κ3) is 3.67. The number of aromatic nitrogens is 3. The average molecular weight is 402 g/mol. The SMILES string of the molecule is CNCCOc1ccc(Cc2nc3cccc(-c4ccc5c(c4)OCO5)n3n2)cc1. The van der Waals surface area contributed by atoms with Gasteiger partial charge in [0.15, 0.2) is 23.0 Å². The highest BCUT2D eigenvalue weighted by atomic mass is 16.7. The van der Waals surface area contributed by atoms with Crippen LogP contribution in [0.5, 0.6) is 17.2 Å². The van der Waals surface area contributed by atoms with E-state index in [0.717, 1.165) is 52.1 Å². The van der Waals surface area contributed by atoms with Gasteiger partial charge in [0, 0.05) is 18.5 Å². The lowest BCUT2D eigenvalue weighted by molar-refractivity contribution is 0.174. The molecule has 0 atom stereocenters. The predicted octanol–water partition coefficient (Wildman–Crippen LogP) is 3.31. The van der Waals surface area contributed by atoms with E-state index < -0.39 is 0 Å². The van der Waals surface area contributed by atoms with E-state index in [2.05, 4.69) is 17.4 Å².